The van der Waals surface area contributed by atoms with E-state index in [2.05, 4.69) is 5.32 Å². The first-order valence-corrected chi connectivity index (χ1v) is 9.62. The molecule has 0 unspecified atom stereocenters. The molecule has 26 heavy (non-hydrogen) atoms. The molecule has 1 rings (SSSR count). The van der Waals surface area contributed by atoms with Crippen LogP contribution in [0.4, 0.5) is 0 Å². The van der Waals surface area contributed by atoms with Gasteiger partial charge in [0, 0.05) is 12.5 Å². The van der Waals surface area contributed by atoms with Crippen molar-refractivity contribution in [3.05, 3.63) is 11.8 Å². The second-order valence-corrected chi connectivity index (χ2v) is 9.09. The summed E-state index contributed by atoms with van der Waals surface area (Å²) in [4.78, 5) is 38.3. The highest BCUT2D eigenvalue weighted by Crippen LogP contribution is 2.35. The number of carbonyl (C=O) groups is 3. The normalized spacial score (nSPS) is 18.8. The summed E-state index contributed by atoms with van der Waals surface area (Å²) in [6, 6.07) is -1.46. The Balaban J connectivity index is 3.05. The summed E-state index contributed by atoms with van der Waals surface area (Å²) < 4.78 is 3.73. The summed E-state index contributed by atoms with van der Waals surface area (Å²) >= 11 is 17.4. The van der Waals surface area contributed by atoms with E-state index in [4.69, 9.17) is 39.5 Å². The second kappa shape index (κ2) is 9.81. The van der Waals surface area contributed by atoms with Crippen molar-refractivity contribution in [3.63, 3.8) is 0 Å². The number of hydrogen-bond donors (Lipinski definition) is 1. The van der Waals surface area contributed by atoms with Crippen molar-refractivity contribution >= 4 is 52.5 Å². The molecule has 9 heteroatoms. The minimum Gasteiger partial charge on any atom is -0.499 e. The first-order chi connectivity index (χ1) is 12.0. The lowest BCUT2D eigenvalue weighted by atomic mass is 10.0. The molecule has 0 bridgehead atoms. The van der Waals surface area contributed by atoms with Gasteiger partial charge in [-0.2, -0.15) is 0 Å². The molecule has 2 atom stereocenters. The van der Waals surface area contributed by atoms with Gasteiger partial charge < -0.3 is 10.1 Å². The molecule has 0 fully saturated rings. The maximum atomic E-state index is 13.0. The number of halogens is 3. The number of carbonyl (C=O) groups excluding carboxylic acids is 3. The van der Waals surface area contributed by atoms with Gasteiger partial charge in [0.15, 0.2) is 3.79 Å². The number of methoxy groups -OCH3 is 1. The molecule has 0 aromatic carbocycles. The standard InChI is InChI=1S/C17H25Cl3N2O4/c1-5-14(23)21-11(8-10(2)3)16(25)22-12(6-7-17(18,19)20)13(26-4)9-15(22)24/h9-12H,5-8H2,1-4H3,(H,21,23)/t11-,12-/m1/s1. The van der Waals surface area contributed by atoms with Crippen molar-refractivity contribution in [3.8, 4) is 0 Å². The van der Waals surface area contributed by atoms with Crippen LogP contribution in [-0.4, -0.2) is 45.6 Å². The summed E-state index contributed by atoms with van der Waals surface area (Å²) in [5.41, 5.74) is 0. The number of imide groups is 1. The van der Waals surface area contributed by atoms with E-state index in [1.54, 1.807) is 6.92 Å². The molecule has 3 amide bonds. The molecule has 0 spiro atoms. The Morgan fingerprint density at radius 3 is 2.42 bits per heavy atom. The molecule has 0 saturated heterocycles. The quantitative estimate of drug-likeness (QED) is 0.603. The Morgan fingerprint density at radius 1 is 1.35 bits per heavy atom. The van der Waals surface area contributed by atoms with Gasteiger partial charge in [-0.25, -0.2) is 0 Å². The van der Waals surface area contributed by atoms with Crippen LogP contribution in [0.1, 0.15) is 46.5 Å². The lowest BCUT2D eigenvalue weighted by molar-refractivity contribution is -0.146. The highest BCUT2D eigenvalue weighted by molar-refractivity contribution is 6.67. The first kappa shape index (κ1) is 23.1. The molecular formula is C17H25Cl3N2O4. The van der Waals surface area contributed by atoms with Crippen LogP contribution in [0.25, 0.3) is 0 Å². The Labute approximate surface area is 169 Å². The van der Waals surface area contributed by atoms with E-state index in [9.17, 15) is 14.4 Å². The van der Waals surface area contributed by atoms with Gasteiger partial charge in [0.25, 0.3) is 11.8 Å². The molecule has 1 aliphatic heterocycles. The topological polar surface area (TPSA) is 75.7 Å². The summed E-state index contributed by atoms with van der Waals surface area (Å²) in [6.45, 7) is 5.56. The van der Waals surface area contributed by atoms with Crippen LogP contribution in [0, 0.1) is 5.92 Å². The van der Waals surface area contributed by atoms with Crippen molar-refractivity contribution in [2.45, 2.75) is 62.3 Å². The highest BCUT2D eigenvalue weighted by atomic mass is 35.6. The van der Waals surface area contributed by atoms with E-state index in [0.29, 0.717) is 12.2 Å². The zero-order chi connectivity index (χ0) is 20.1. The van der Waals surface area contributed by atoms with Gasteiger partial charge in [0.2, 0.25) is 5.91 Å². The van der Waals surface area contributed by atoms with E-state index in [1.165, 1.54) is 13.2 Å². The maximum Gasteiger partial charge on any atom is 0.257 e. The van der Waals surface area contributed by atoms with Crippen LogP contribution in [0.5, 0.6) is 0 Å². The lowest BCUT2D eigenvalue weighted by Crippen LogP contribution is -2.52. The van der Waals surface area contributed by atoms with Crippen molar-refractivity contribution in [2.24, 2.45) is 5.92 Å². The summed E-state index contributed by atoms with van der Waals surface area (Å²) in [7, 11) is 1.42. The number of alkyl halides is 3. The number of nitrogens with zero attached hydrogens (tertiary/aromatic N) is 1. The molecular weight excluding hydrogens is 403 g/mol. The van der Waals surface area contributed by atoms with Crippen molar-refractivity contribution < 1.29 is 19.1 Å². The lowest BCUT2D eigenvalue weighted by Gasteiger charge is -2.30. The smallest absolute Gasteiger partial charge is 0.257 e. The molecule has 148 valence electrons. The average Bonchev–Trinajstić information content (AvgIpc) is 2.85. The van der Waals surface area contributed by atoms with Crippen LogP contribution in [0.3, 0.4) is 0 Å². The van der Waals surface area contributed by atoms with Crippen molar-refractivity contribution in [1.82, 2.24) is 10.2 Å². The number of amides is 3. The van der Waals surface area contributed by atoms with Crippen LogP contribution in [-0.2, 0) is 19.1 Å². The van der Waals surface area contributed by atoms with Crippen molar-refractivity contribution in [2.75, 3.05) is 7.11 Å². The van der Waals surface area contributed by atoms with Crippen LogP contribution >= 0.6 is 34.8 Å². The third-order valence-corrected chi connectivity index (χ3v) is 4.55. The van der Waals surface area contributed by atoms with E-state index in [0.717, 1.165) is 4.90 Å². The average molecular weight is 428 g/mol. The molecule has 6 nitrogen and oxygen atoms in total. The SMILES string of the molecule is CCC(=O)N[C@H](CC(C)C)C(=O)N1C(=O)C=C(OC)[C@H]1CCC(Cl)(Cl)Cl. The van der Waals surface area contributed by atoms with Gasteiger partial charge in [-0.1, -0.05) is 55.6 Å². The van der Waals surface area contributed by atoms with Gasteiger partial charge in [-0.15, -0.1) is 0 Å². The fourth-order valence-electron chi connectivity index (χ4n) is 2.75. The van der Waals surface area contributed by atoms with Crippen LogP contribution < -0.4 is 5.32 Å². The molecule has 0 radical (unpaired) electrons. The minimum atomic E-state index is -1.51. The Hall–Kier alpha value is -0.980. The molecule has 0 aliphatic carbocycles. The Bertz CT molecular complexity index is 573. The van der Waals surface area contributed by atoms with Gasteiger partial charge in [-0.05, 0) is 25.2 Å². The molecule has 1 aliphatic rings. The molecule has 0 aromatic rings. The van der Waals surface area contributed by atoms with Crippen LogP contribution in [0.15, 0.2) is 11.8 Å². The molecule has 0 saturated carbocycles. The second-order valence-electron chi connectivity index (χ2n) is 6.57. The number of rotatable bonds is 8. The maximum absolute atomic E-state index is 13.0. The fourth-order valence-corrected chi connectivity index (χ4v) is 3.08. The van der Waals surface area contributed by atoms with Gasteiger partial charge >= 0.3 is 0 Å². The molecule has 0 aromatic heterocycles. The third kappa shape index (κ3) is 6.63. The highest BCUT2D eigenvalue weighted by Gasteiger charge is 2.42. The molecule has 1 heterocycles. The third-order valence-electron chi connectivity index (χ3n) is 3.98. The monoisotopic (exact) mass is 426 g/mol. The van der Waals surface area contributed by atoms with E-state index in [-0.39, 0.29) is 31.1 Å². The predicted molar refractivity (Wildman–Crippen MR) is 102 cm³/mol. The summed E-state index contributed by atoms with van der Waals surface area (Å²) in [6.07, 6.45) is 2.29. The van der Waals surface area contributed by atoms with E-state index < -0.39 is 27.7 Å². The zero-order valence-corrected chi connectivity index (χ0v) is 17.6. The minimum absolute atomic E-state index is 0.135. The summed E-state index contributed by atoms with van der Waals surface area (Å²) in [5, 5.41) is 2.70. The van der Waals surface area contributed by atoms with Gasteiger partial charge in [0.05, 0.1) is 13.2 Å². The largest absolute Gasteiger partial charge is 0.499 e. The number of ether oxygens (including phenoxy) is 1. The Morgan fingerprint density at radius 2 is 1.96 bits per heavy atom. The molecule has 1 N–H and O–H groups in total. The zero-order valence-electron chi connectivity index (χ0n) is 15.4. The number of nitrogens with one attached hydrogen (secondary N) is 1. The predicted octanol–water partition coefficient (Wildman–Crippen LogP) is 3.35. The van der Waals surface area contributed by atoms with E-state index in [1.807, 2.05) is 13.8 Å². The number of hydrogen-bond acceptors (Lipinski definition) is 4. The summed E-state index contributed by atoms with van der Waals surface area (Å²) in [5.74, 6) is -0.756. The van der Waals surface area contributed by atoms with Crippen molar-refractivity contribution in [1.29, 1.82) is 0 Å². The van der Waals surface area contributed by atoms with Gasteiger partial charge in [-0.3, -0.25) is 19.3 Å². The first-order valence-electron chi connectivity index (χ1n) is 8.48. The van der Waals surface area contributed by atoms with Crippen LogP contribution in [0.2, 0.25) is 0 Å². The Kier molecular flexibility index (Phi) is 8.70. The fraction of sp³-hybridized carbons (Fsp3) is 0.706. The van der Waals surface area contributed by atoms with E-state index >= 15 is 0 Å². The van der Waals surface area contributed by atoms with Gasteiger partial charge in [0.1, 0.15) is 11.8 Å².